The first-order chi connectivity index (χ1) is 15.3. The molecule has 0 radical (unpaired) electrons. The van der Waals surface area contributed by atoms with Crippen LogP contribution in [-0.4, -0.2) is 35.6 Å². The van der Waals surface area contributed by atoms with Gasteiger partial charge in [0.25, 0.3) is 0 Å². The van der Waals surface area contributed by atoms with Crippen LogP contribution < -0.4 is 5.32 Å². The van der Waals surface area contributed by atoms with Gasteiger partial charge in [-0.15, -0.1) is 11.3 Å². The van der Waals surface area contributed by atoms with Gasteiger partial charge in [-0.25, -0.2) is 4.79 Å². The van der Waals surface area contributed by atoms with Crippen molar-refractivity contribution in [1.29, 1.82) is 0 Å². The number of aliphatic hydroxyl groups is 1. The number of hydrogen-bond acceptors (Lipinski definition) is 5. The van der Waals surface area contributed by atoms with Crippen LogP contribution in [0.2, 0.25) is 0 Å². The normalized spacial score (nSPS) is 20.6. The summed E-state index contributed by atoms with van der Waals surface area (Å²) in [5.41, 5.74) is 0.631. The summed E-state index contributed by atoms with van der Waals surface area (Å²) in [7, 11) is 1.71. The van der Waals surface area contributed by atoms with Crippen LogP contribution in [0.5, 0.6) is 0 Å². The predicted molar refractivity (Wildman–Crippen MR) is 133 cm³/mol. The van der Waals surface area contributed by atoms with Crippen molar-refractivity contribution in [1.82, 2.24) is 0 Å². The number of aromatic carboxylic acids is 1. The number of rotatable bonds is 4. The van der Waals surface area contributed by atoms with E-state index in [1.807, 2.05) is 0 Å². The number of carboxylic acids is 1. The Bertz CT molecular complexity index is 733. The van der Waals surface area contributed by atoms with Gasteiger partial charge in [-0.1, -0.05) is 64.7 Å². The third kappa shape index (κ3) is 11.7. The summed E-state index contributed by atoms with van der Waals surface area (Å²) in [6.45, 7) is 6.47. The van der Waals surface area contributed by atoms with Crippen molar-refractivity contribution in [2.45, 2.75) is 91.1 Å². The molecule has 2 aliphatic rings. The molecular formula is C26H41NO4S. The van der Waals surface area contributed by atoms with Crippen LogP contribution in [0.25, 0.3) is 0 Å². The SMILES string of the molecule is CC1CCC(C=O)CC1.CNc1cc(C#CCC(C)C)sc1C(=O)O.OC1CCCCC1. The van der Waals surface area contributed by atoms with Crippen molar-refractivity contribution in [2.75, 3.05) is 12.4 Å². The molecule has 0 spiro atoms. The first-order valence-corrected chi connectivity index (χ1v) is 12.8. The van der Waals surface area contributed by atoms with Crippen LogP contribution in [-0.2, 0) is 4.79 Å². The molecule has 1 aromatic rings. The molecule has 1 heterocycles. The van der Waals surface area contributed by atoms with E-state index >= 15 is 0 Å². The van der Waals surface area contributed by atoms with Gasteiger partial charge in [0.2, 0.25) is 0 Å². The van der Waals surface area contributed by atoms with Gasteiger partial charge in [0.05, 0.1) is 16.7 Å². The van der Waals surface area contributed by atoms with Gasteiger partial charge in [0.15, 0.2) is 0 Å². The van der Waals surface area contributed by atoms with Crippen LogP contribution in [0.1, 0.15) is 99.5 Å². The maximum atomic E-state index is 10.9. The molecule has 0 atom stereocenters. The van der Waals surface area contributed by atoms with Crippen molar-refractivity contribution < 1.29 is 19.8 Å². The molecule has 3 N–H and O–H groups in total. The number of nitrogens with one attached hydrogen (secondary N) is 1. The van der Waals surface area contributed by atoms with Crippen LogP contribution in [0.3, 0.4) is 0 Å². The molecular weight excluding hydrogens is 422 g/mol. The molecule has 0 aliphatic heterocycles. The van der Waals surface area contributed by atoms with Gasteiger partial charge in [0.1, 0.15) is 11.2 Å². The largest absolute Gasteiger partial charge is 0.477 e. The van der Waals surface area contributed by atoms with E-state index in [1.54, 1.807) is 13.1 Å². The fourth-order valence-corrected chi connectivity index (χ4v) is 4.52. The molecule has 180 valence electrons. The lowest BCUT2D eigenvalue weighted by Gasteiger charge is -2.21. The van der Waals surface area contributed by atoms with Crippen LogP contribution >= 0.6 is 11.3 Å². The minimum Gasteiger partial charge on any atom is -0.477 e. The van der Waals surface area contributed by atoms with E-state index in [4.69, 9.17) is 10.2 Å². The van der Waals surface area contributed by atoms with Gasteiger partial charge in [-0.05, 0) is 43.6 Å². The second-order valence-electron chi connectivity index (χ2n) is 9.26. The molecule has 0 saturated heterocycles. The Hall–Kier alpha value is -1.84. The smallest absolute Gasteiger partial charge is 0.348 e. The molecule has 6 heteroatoms. The monoisotopic (exact) mass is 463 g/mol. The molecule has 2 aliphatic carbocycles. The standard InChI is InChI=1S/C12H15NO2S.C8H14O.C6H12O/c1-8(2)5-4-6-9-7-10(13-3)11(16-9)12(14)15;1-7-2-4-8(6-9)5-3-7;7-6-4-2-1-3-5-6/h7-8,13H,5H2,1-3H3,(H,14,15);6-8H,2-5H2,1H3;6-7H,1-5H2. The summed E-state index contributed by atoms with van der Waals surface area (Å²) in [6.07, 6.45) is 12.6. The summed E-state index contributed by atoms with van der Waals surface area (Å²) in [4.78, 5) is 22.3. The predicted octanol–water partition coefficient (Wildman–Crippen LogP) is 6.21. The van der Waals surface area contributed by atoms with E-state index in [0.29, 0.717) is 22.4 Å². The van der Waals surface area contributed by atoms with Gasteiger partial charge in [-0.3, -0.25) is 0 Å². The quantitative estimate of drug-likeness (QED) is 0.365. The van der Waals surface area contributed by atoms with Gasteiger partial charge < -0.3 is 20.3 Å². The van der Waals surface area contributed by atoms with Crippen molar-refractivity contribution in [3.63, 3.8) is 0 Å². The van der Waals surface area contributed by atoms with E-state index in [1.165, 1.54) is 43.4 Å². The Kier molecular flexibility index (Phi) is 14.0. The highest BCUT2D eigenvalue weighted by Gasteiger charge is 2.16. The molecule has 3 rings (SSSR count). The highest BCUT2D eigenvalue weighted by Crippen LogP contribution is 2.27. The van der Waals surface area contributed by atoms with Gasteiger partial charge >= 0.3 is 5.97 Å². The summed E-state index contributed by atoms with van der Waals surface area (Å²) in [5, 5.41) is 20.7. The fraction of sp³-hybridized carbons (Fsp3) is 0.692. The van der Waals surface area contributed by atoms with Crippen molar-refractivity contribution in [2.24, 2.45) is 17.8 Å². The number of thiophene rings is 1. The Morgan fingerprint density at radius 2 is 1.81 bits per heavy atom. The second-order valence-corrected chi connectivity index (χ2v) is 10.3. The lowest BCUT2D eigenvalue weighted by Crippen LogP contribution is -2.12. The summed E-state index contributed by atoms with van der Waals surface area (Å²) < 4.78 is 0. The second kappa shape index (κ2) is 15.9. The van der Waals surface area contributed by atoms with E-state index in [0.717, 1.165) is 49.2 Å². The Balaban J connectivity index is 0.000000267. The first-order valence-electron chi connectivity index (χ1n) is 11.9. The van der Waals surface area contributed by atoms with Crippen LogP contribution in [0, 0.1) is 29.6 Å². The summed E-state index contributed by atoms with van der Waals surface area (Å²) in [6, 6.07) is 1.78. The highest BCUT2D eigenvalue weighted by atomic mass is 32.1. The number of carbonyl (C=O) groups is 2. The Morgan fingerprint density at radius 1 is 1.19 bits per heavy atom. The zero-order chi connectivity index (χ0) is 23.9. The fourth-order valence-electron chi connectivity index (χ4n) is 3.64. The zero-order valence-electron chi connectivity index (χ0n) is 20.2. The zero-order valence-corrected chi connectivity index (χ0v) is 21.0. The Morgan fingerprint density at radius 3 is 2.22 bits per heavy atom. The third-order valence-electron chi connectivity index (χ3n) is 5.75. The topological polar surface area (TPSA) is 86.6 Å². The molecule has 1 aromatic heterocycles. The molecule has 0 unspecified atom stereocenters. The van der Waals surface area contributed by atoms with Crippen molar-refractivity contribution in [3.8, 4) is 11.8 Å². The average molecular weight is 464 g/mol. The lowest BCUT2D eigenvalue weighted by molar-refractivity contribution is -0.112. The van der Waals surface area contributed by atoms with Crippen molar-refractivity contribution >= 4 is 29.3 Å². The summed E-state index contributed by atoms with van der Waals surface area (Å²) >= 11 is 1.21. The maximum Gasteiger partial charge on any atom is 0.348 e. The molecule has 0 bridgehead atoms. The lowest BCUT2D eigenvalue weighted by atomic mass is 9.84. The summed E-state index contributed by atoms with van der Waals surface area (Å²) in [5.74, 6) is 6.91. The molecule has 32 heavy (non-hydrogen) atoms. The van der Waals surface area contributed by atoms with E-state index < -0.39 is 5.97 Å². The number of hydrogen-bond donors (Lipinski definition) is 3. The first kappa shape index (κ1) is 28.2. The molecule has 2 fully saturated rings. The number of anilines is 1. The third-order valence-corrected chi connectivity index (χ3v) is 6.78. The average Bonchev–Trinajstić information content (AvgIpc) is 3.19. The molecule has 5 nitrogen and oxygen atoms in total. The van der Waals surface area contributed by atoms with Crippen molar-refractivity contribution in [3.05, 3.63) is 15.8 Å². The van der Waals surface area contributed by atoms with Crippen LogP contribution in [0.15, 0.2) is 6.07 Å². The minimum absolute atomic E-state index is 0.0359. The maximum absolute atomic E-state index is 10.9. The minimum atomic E-state index is -0.911. The molecule has 0 aromatic carbocycles. The molecule has 2 saturated carbocycles. The van der Waals surface area contributed by atoms with E-state index in [-0.39, 0.29) is 6.10 Å². The number of aldehydes is 1. The number of carbonyl (C=O) groups excluding carboxylic acids is 1. The number of carboxylic acid groups (broad SMARTS) is 1. The van der Waals surface area contributed by atoms with Gasteiger partial charge in [0, 0.05) is 19.4 Å². The van der Waals surface area contributed by atoms with Gasteiger partial charge in [-0.2, -0.15) is 0 Å². The highest BCUT2D eigenvalue weighted by molar-refractivity contribution is 7.15. The Labute approximate surface area is 198 Å². The van der Waals surface area contributed by atoms with E-state index in [2.05, 4.69) is 37.9 Å². The van der Waals surface area contributed by atoms with Crippen LogP contribution in [0.4, 0.5) is 5.69 Å². The number of aliphatic hydroxyl groups excluding tert-OH is 1. The molecule has 0 amide bonds. The van der Waals surface area contributed by atoms with E-state index in [9.17, 15) is 9.59 Å².